The zero-order chi connectivity index (χ0) is 11.8. The van der Waals surface area contributed by atoms with Crippen molar-refractivity contribution >= 4 is 46.4 Å². The van der Waals surface area contributed by atoms with Crippen molar-refractivity contribution in [3.05, 3.63) is 12.7 Å². The number of unbranched alkanes of at least 4 members (excludes halogenated alkanes) is 2. The van der Waals surface area contributed by atoms with Crippen LogP contribution in [0.2, 0.25) is 0 Å². The molecule has 0 spiro atoms. The molecule has 0 amide bonds. The molecule has 0 aromatic heterocycles. The van der Waals surface area contributed by atoms with Crippen LogP contribution in [-0.4, -0.2) is 21.5 Å². The molecule has 0 aliphatic carbocycles. The van der Waals surface area contributed by atoms with Gasteiger partial charge in [0.2, 0.25) is 0 Å². The smallest absolute Gasteiger partial charge is 0.0712 e. The fourth-order valence-electron chi connectivity index (χ4n) is 1.25. The van der Waals surface area contributed by atoms with Crippen LogP contribution in [0.4, 0.5) is 0 Å². The molecule has 0 bridgehead atoms. The molecule has 0 rings (SSSR count). The Morgan fingerprint density at radius 3 is 2.13 bits per heavy atom. The van der Waals surface area contributed by atoms with Gasteiger partial charge in [0.25, 0.3) is 0 Å². The van der Waals surface area contributed by atoms with E-state index in [0.717, 1.165) is 12.8 Å². The van der Waals surface area contributed by atoms with E-state index < -0.39 is 0 Å². The fraction of sp³-hybridized carbons (Fsp3) is 0.818. The summed E-state index contributed by atoms with van der Waals surface area (Å²) in [6, 6.07) is 0. The van der Waals surface area contributed by atoms with Crippen molar-refractivity contribution in [2.45, 2.75) is 54.1 Å². The second kappa shape index (κ2) is 8.98. The number of halogens is 4. The lowest BCUT2D eigenvalue weighted by Crippen LogP contribution is -2.31. The number of alkyl halides is 4. The Balaban J connectivity index is 3.95. The molecule has 4 heteroatoms. The quantitative estimate of drug-likeness (QED) is 0.328. The fourth-order valence-corrected chi connectivity index (χ4v) is 2.43. The summed E-state index contributed by atoms with van der Waals surface area (Å²) in [4.78, 5) is 0. The monoisotopic (exact) mass is 290 g/mol. The first kappa shape index (κ1) is 15.9. The van der Waals surface area contributed by atoms with Gasteiger partial charge in [0.15, 0.2) is 0 Å². The van der Waals surface area contributed by atoms with Gasteiger partial charge >= 0.3 is 0 Å². The average molecular weight is 292 g/mol. The van der Waals surface area contributed by atoms with Crippen molar-refractivity contribution in [3.8, 4) is 0 Å². The van der Waals surface area contributed by atoms with Gasteiger partial charge < -0.3 is 0 Å². The predicted molar refractivity (Wildman–Crippen MR) is 72.9 cm³/mol. The van der Waals surface area contributed by atoms with Crippen molar-refractivity contribution in [2.24, 2.45) is 0 Å². The standard InChI is InChI=1S/C11H18Cl4/c1-3-5-6-7-9(13)11(15)10(14)8(12)4-2/h4,8-11H,2-3,5-7H2,1H3. The number of hydrogen-bond acceptors (Lipinski definition) is 0. The van der Waals surface area contributed by atoms with E-state index in [1.165, 1.54) is 12.8 Å². The third-order valence-corrected chi connectivity index (χ3v) is 4.71. The lowest BCUT2D eigenvalue weighted by molar-refractivity contribution is 0.608. The van der Waals surface area contributed by atoms with Crippen molar-refractivity contribution in [3.63, 3.8) is 0 Å². The van der Waals surface area contributed by atoms with Gasteiger partial charge in [-0.2, -0.15) is 0 Å². The summed E-state index contributed by atoms with van der Waals surface area (Å²) in [7, 11) is 0. The Morgan fingerprint density at radius 1 is 1.07 bits per heavy atom. The van der Waals surface area contributed by atoms with Gasteiger partial charge in [0.1, 0.15) is 0 Å². The van der Waals surface area contributed by atoms with E-state index in [2.05, 4.69) is 13.5 Å². The predicted octanol–water partition coefficient (Wildman–Crippen LogP) is 5.18. The SMILES string of the molecule is C=CC(Cl)C(Cl)C(Cl)C(Cl)CCCCC. The molecule has 0 aromatic rings. The van der Waals surface area contributed by atoms with Crippen LogP contribution in [0.3, 0.4) is 0 Å². The molecule has 0 nitrogen and oxygen atoms in total. The molecular weight excluding hydrogens is 274 g/mol. The Morgan fingerprint density at radius 2 is 1.67 bits per heavy atom. The maximum Gasteiger partial charge on any atom is 0.0712 e. The second-order valence-corrected chi connectivity index (χ2v) is 5.65. The molecule has 0 radical (unpaired) electrons. The van der Waals surface area contributed by atoms with Crippen molar-refractivity contribution in [2.75, 3.05) is 0 Å². The lowest BCUT2D eigenvalue weighted by Gasteiger charge is -2.22. The molecular formula is C11H18Cl4. The van der Waals surface area contributed by atoms with E-state index in [-0.39, 0.29) is 21.5 Å². The van der Waals surface area contributed by atoms with Crippen molar-refractivity contribution in [1.29, 1.82) is 0 Å². The van der Waals surface area contributed by atoms with E-state index in [0.29, 0.717) is 0 Å². The highest BCUT2D eigenvalue weighted by Gasteiger charge is 2.28. The maximum absolute atomic E-state index is 6.15. The molecule has 0 aromatic carbocycles. The van der Waals surface area contributed by atoms with E-state index >= 15 is 0 Å². The maximum atomic E-state index is 6.15. The molecule has 0 heterocycles. The van der Waals surface area contributed by atoms with Gasteiger partial charge in [-0.05, 0) is 6.42 Å². The van der Waals surface area contributed by atoms with Gasteiger partial charge in [-0.25, -0.2) is 0 Å². The van der Waals surface area contributed by atoms with Gasteiger partial charge in [-0.15, -0.1) is 53.0 Å². The Kier molecular flexibility index (Phi) is 9.52. The van der Waals surface area contributed by atoms with E-state index in [9.17, 15) is 0 Å². The zero-order valence-electron chi connectivity index (χ0n) is 8.93. The lowest BCUT2D eigenvalue weighted by atomic mass is 10.1. The number of rotatable bonds is 8. The van der Waals surface area contributed by atoms with Crippen molar-refractivity contribution in [1.82, 2.24) is 0 Å². The van der Waals surface area contributed by atoms with Gasteiger partial charge in [0, 0.05) is 0 Å². The van der Waals surface area contributed by atoms with Crippen molar-refractivity contribution < 1.29 is 0 Å². The summed E-state index contributed by atoms with van der Waals surface area (Å²) in [5.74, 6) is 0. The first-order valence-electron chi connectivity index (χ1n) is 5.23. The van der Waals surface area contributed by atoms with Crippen LogP contribution in [0, 0.1) is 0 Å². The Hall–Kier alpha value is 0.900. The van der Waals surface area contributed by atoms with Crippen LogP contribution >= 0.6 is 46.4 Å². The molecule has 0 saturated carbocycles. The molecule has 0 aliphatic heterocycles. The molecule has 0 aliphatic rings. The minimum Gasteiger partial charge on any atom is -0.121 e. The molecule has 4 atom stereocenters. The summed E-state index contributed by atoms with van der Waals surface area (Å²) in [5, 5.41) is -1.14. The summed E-state index contributed by atoms with van der Waals surface area (Å²) < 4.78 is 0. The molecule has 0 fully saturated rings. The summed E-state index contributed by atoms with van der Waals surface area (Å²) in [6.45, 7) is 5.73. The number of hydrogen-bond donors (Lipinski definition) is 0. The average Bonchev–Trinajstić information content (AvgIpc) is 2.26. The van der Waals surface area contributed by atoms with Gasteiger partial charge in [-0.3, -0.25) is 0 Å². The minimum absolute atomic E-state index is 0.123. The van der Waals surface area contributed by atoms with Crippen LogP contribution in [0.25, 0.3) is 0 Å². The third kappa shape index (κ3) is 6.26. The second-order valence-electron chi connectivity index (χ2n) is 3.58. The third-order valence-electron chi connectivity index (χ3n) is 2.26. The summed E-state index contributed by atoms with van der Waals surface area (Å²) in [6.07, 6.45) is 5.90. The van der Waals surface area contributed by atoms with Gasteiger partial charge in [-0.1, -0.05) is 32.3 Å². The zero-order valence-corrected chi connectivity index (χ0v) is 12.0. The minimum atomic E-state index is -0.366. The first-order chi connectivity index (χ1) is 7.04. The van der Waals surface area contributed by atoms with Crippen LogP contribution in [0.15, 0.2) is 12.7 Å². The van der Waals surface area contributed by atoms with Crippen LogP contribution in [0.1, 0.15) is 32.6 Å². The first-order valence-corrected chi connectivity index (χ1v) is 6.98. The molecule has 15 heavy (non-hydrogen) atoms. The highest BCUT2D eigenvalue weighted by Crippen LogP contribution is 2.27. The highest BCUT2D eigenvalue weighted by atomic mass is 35.5. The Bertz CT molecular complexity index is 172. The molecule has 4 unspecified atom stereocenters. The normalized spacial score (nSPS) is 19.3. The Labute approximate surface area is 113 Å². The summed E-state index contributed by atoms with van der Waals surface area (Å²) in [5.41, 5.74) is 0. The van der Waals surface area contributed by atoms with E-state index in [1.54, 1.807) is 6.08 Å². The van der Waals surface area contributed by atoms with Crippen LogP contribution in [-0.2, 0) is 0 Å². The topological polar surface area (TPSA) is 0 Å². The molecule has 0 N–H and O–H groups in total. The summed E-state index contributed by atoms with van der Waals surface area (Å²) >= 11 is 24.3. The molecule has 90 valence electrons. The highest BCUT2D eigenvalue weighted by molar-refractivity contribution is 6.38. The van der Waals surface area contributed by atoms with Crippen LogP contribution < -0.4 is 0 Å². The number of allylic oxidation sites excluding steroid dienone is 1. The largest absolute Gasteiger partial charge is 0.121 e. The van der Waals surface area contributed by atoms with E-state index in [1.807, 2.05) is 0 Å². The van der Waals surface area contributed by atoms with E-state index in [4.69, 9.17) is 46.4 Å². The molecule has 0 saturated heterocycles. The van der Waals surface area contributed by atoms with Crippen LogP contribution in [0.5, 0.6) is 0 Å². The van der Waals surface area contributed by atoms with Gasteiger partial charge in [0.05, 0.1) is 21.5 Å².